The summed E-state index contributed by atoms with van der Waals surface area (Å²) < 4.78 is 46.8. The average molecular weight is 431 g/mol. The standard InChI is InChI=1S/C21H23FN4O3S/c1-29-20-12-18-15(13-23-26(18)17-5-3-16(22)4-6-17)11-19(20)24-9-10-25(30(2,27)28)21(14-24)7-8-21/h3-6,11-13H,7-10,14H2,1-2H3. The van der Waals surface area contributed by atoms with Crippen LogP contribution in [0.5, 0.6) is 5.75 Å². The highest BCUT2D eigenvalue weighted by atomic mass is 32.2. The second-order valence-electron chi connectivity index (χ2n) is 8.10. The van der Waals surface area contributed by atoms with Gasteiger partial charge in [-0.1, -0.05) is 0 Å². The lowest BCUT2D eigenvalue weighted by molar-refractivity contribution is 0.271. The lowest BCUT2D eigenvalue weighted by Crippen LogP contribution is -2.56. The topological polar surface area (TPSA) is 67.7 Å². The molecule has 1 aromatic heterocycles. The van der Waals surface area contributed by atoms with E-state index in [9.17, 15) is 12.8 Å². The van der Waals surface area contributed by atoms with Gasteiger partial charge >= 0.3 is 0 Å². The summed E-state index contributed by atoms with van der Waals surface area (Å²) in [4.78, 5) is 2.21. The summed E-state index contributed by atoms with van der Waals surface area (Å²) in [5.41, 5.74) is 2.26. The first-order valence-electron chi connectivity index (χ1n) is 9.85. The summed E-state index contributed by atoms with van der Waals surface area (Å²) in [6.07, 6.45) is 4.83. The van der Waals surface area contributed by atoms with Crippen molar-refractivity contribution in [2.24, 2.45) is 0 Å². The predicted molar refractivity (Wildman–Crippen MR) is 113 cm³/mol. The monoisotopic (exact) mass is 430 g/mol. The molecule has 1 aliphatic heterocycles. The van der Waals surface area contributed by atoms with Crippen molar-refractivity contribution in [3.63, 3.8) is 0 Å². The Balaban J connectivity index is 1.52. The molecule has 158 valence electrons. The number of fused-ring (bicyclic) bond motifs is 1. The van der Waals surface area contributed by atoms with Crippen LogP contribution in [0.15, 0.2) is 42.6 Å². The number of hydrogen-bond acceptors (Lipinski definition) is 5. The molecule has 0 bridgehead atoms. The largest absolute Gasteiger partial charge is 0.495 e. The number of nitrogens with zero attached hydrogens (tertiary/aromatic N) is 4. The molecule has 7 nitrogen and oxygen atoms in total. The van der Waals surface area contributed by atoms with Gasteiger partial charge in [-0.3, -0.25) is 0 Å². The van der Waals surface area contributed by atoms with E-state index in [1.165, 1.54) is 18.4 Å². The zero-order valence-corrected chi connectivity index (χ0v) is 17.7. The molecule has 0 atom stereocenters. The van der Waals surface area contributed by atoms with Crippen molar-refractivity contribution in [2.75, 3.05) is 37.9 Å². The molecule has 0 amide bonds. The van der Waals surface area contributed by atoms with Crippen molar-refractivity contribution in [1.29, 1.82) is 0 Å². The van der Waals surface area contributed by atoms with Crippen molar-refractivity contribution < 1.29 is 17.5 Å². The zero-order valence-electron chi connectivity index (χ0n) is 16.9. The molecule has 9 heteroatoms. The van der Waals surface area contributed by atoms with Crippen LogP contribution in [0.4, 0.5) is 10.1 Å². The van der Waals surface area contributed by atoms with E-state index < -0.39 is 10.0 Å². The van der Waals surface area contributed by atoms with Crippen molar-refractivity contribution in [1.82, 2.24) is 14.1 Å². The van der Waals surface area contributed by atoms with Crippen LogP contribution in [0.1, 0.15) is 12.8 Å². The minimum atomic E-state index is -3.22. The van der Waals surface area contributed by atoms with Gasteiger partial charge in [-0.15, -0.1) is 0 Å². The molecule has 0 unspecified atom stereocenters. The minimum absolute atomic E-state index is 0.294. The first-order chi connectivity index (χ1) is 14.3. The summed E-state index contributed by atoms with van der Waals surface area (Å²) in [7, 11) is -1.59. The van der Waals surface area contributed by atoms with Gasteiger partial charge in [-0.2, -0.15) is 9.40 Å². The maximum atomic E-state index is 13.3. The van der Waals surface area contributed by atoms with Gasteiger partial charge in [0.15, 0.2) is 0 Å². The molecular formula is C21H23FN4O3S. The van der Waals surface area contributed by atoms with E-state index in [0.29, 0.717) is 25.4 Å². The van der Waals surface area contributed by atoms with Gasteiger partial charge in [0.25, 0.3) is 0 Å². The van der Waals surface area contributed by atoms with Crippen LogP contribution < -0.4 is 9.64 Å². The Bertz CT molecular complexity index is 1220. The normalized spacial score (nSPS) is 18.8. The van der Waals surface area contributed by atoms with Crippen molar-refractivity contribution in [3.8, 4) is 11.4 Å². The van der Waals surface area contributed by atoms with Crippen LogP contribution in [0.25, 0.3) is 16.6 Å². The summed E-state index contributed by atoms with van der Waals surface area (Å²) >= 11 is 0. The van der Waals surface area contributed by atoms with E-state index >= 15 is 0 Å². The fourth-order valence-corrected chi connectivity index (χ4v) is 5.84. The molecule has 3 aromatic rings. The third kappa shape index (κ3) is 3.13. The van der Waals surface area contributed by atoms with Crippen molar-refractivity contribution >= 4 is 26.6 Å². The number of methoxy groups -OCH3 is 1. The van der Waals surface area contributed by atoms with Crippen LogP contribution in [0.2, 0.25) is 0 Å². The lowest BCUT2D eigenvalue weighted by Gasteiger charge is -2.42. The molecule has 2 aromatic carbocycles. The smallest absolute Gasteiger partial charge is 0.211 e. The summed E-state index contributed by atoms with van der Waals surface area (Å²) in [5.74, 6) is 0.410. The third-order valence-corrected chi connectivity index (χ3v) is 7.47. The van der Waals surface area contributed by atoms with E-state index in [2.05, 4.69) is 10.00 Å². The molecule has 5 rings (SSSR count). The second-order valence-corrected chi connectivity index (χ2v) is 10.0. The zero-order chi connectivity index (χ0) is 21.1. The Morgan fingerprint density at radius 3 is 2.50 bits per heavy atom. The van der Waals surface area contributed by atoms with Crippen molar-refractivity contribution in [3.05, 3.63) is 48.4 Å². The molecule has 2 heterocycles. The Hall–Kier alpha value is -2.65. The Kier molecular flexibility index (Phi) is 4.30. The highest BCUT2D eigenvalue weighted by Crippen LogP contribution is 2.47. The van der Waals surface area contributed by atoms with Gasteiger partial charge in [0, 0.05) is 31.1 Å². The van der Waals surface area contributed by atoms with Crippen LogP contribution in [0, 0.1) is 5.82 Å². The average Bonchev–Trinajstić information content (AvgIpc) is 3.33. The van der Waals surface area contributed by atoms with Gasteiger partial charge < -0.3 is 9.64 Å². The fraction of sp³-hybridized carbons (Fsp3) is 0.381. The SMILES string of the molecule is COc1cc2c(cnn2-c2ccc(F)cc2)cc1N1CCN(S(C)(=O)=O)C2(CC2)C1. The van der Waals surface area contributed by atoms with E-state index in [-0.39, 0.29) is 11.4 Å². The molecule has 1 spiro atoms. The van der Waals surface area contributed by atoms with Crippen LogP contribution >= 0.6 is 0 Å². The van der Waals surface area contributed by atoms with Crippen LogP contribution in [-0.2, 0) is 10.0 Å². The van der Waals surface area contributed by atoms with Gasteiger partial charge in [0.1, 0.15) is 11.6 Å². The summed E-state index contributed by atoms with van der Waals surface area (Å²) in [6.45, 7) is 1.71. The number of piperazine rings is 1. The Labute approximate surface area is 174 Å². The van der Waals surface area contributed by atoms with Gasteiger partial charge in [-0.25, -0.2) is 17.5 Å². The van der Waals surface area contributed by atoms with Gasteiger partial charge in [0.05, 0.1) is 42.0 Å². The number of halogens is 1. The molecule has 2 aliphatic rings. The highest BCUT2D eigenvalue weighted by molar-refractivity contribution is 7.88. The highest BCUT2D eigenvalue weighted by Gasteiger charge is 2.54. The maximum absolute atomic E-state index is 13.3. The Morgan fingerprint density at radius 1 is 1.13 bits per heavy atom. The number of sulfonamides is 1. The van der Waals surface area contributed by atoms with Crippen molar-refractivity contribution in [2.45, 2.75) is 18.4 Å². The minimum Gasteiger partial charge on any atom is -0.495 e. The molecule has 1 saturated carbocycles. The number of rotatable bonds is 4. The molecule has 30 heavy (non-hydrogen) atoms. The van der Waals surface area contributed by atoms with Gasteiger partial charge in [-0.05, 0) is 43.2 Å². The van der Waals surface area contributed by atoms with Gasteiger partial charge in [0.2, 0.25) is 10.0 Å². The maximum Gasteiger partial charge on any atom is 0.211 e. The number of hydrogen-bond donors (Lipinski definition) is 0. The van der Waals surface area contributed by atoms with E-state index in [4.69, 9.17) is 4.74 Å². The number of aromatic nitrogens is 2. The number of ether oxygens (including phenoxy) is 1. The molecular weight excluding hydrogens is 407 g/mol. The quantitative estimate of drug-likeness (QED) is 0.637. The summed E-state index contributed by atoms with van der Waals surface area (Å²) in [5, 5.41) is 5.41. The Morgan fingerprint density at radius 2 is 1.87 bits per heavy atom. The van der Waals surface area contributed by atoms with E-state index in [0.717, 1.165) is 35.1 Å². The number of anilines is 1. The second kappa shape index (κ2) is 6.68. The first kappa shape index (κ1) is 19.3. The van der Waals surface area contributed by atoms with Crippen LogP contribution in [-0.4, -0.2) is 61.0 Å². The third-order valence-electron chi connectivity index (χ3n) is 6.10. The lowest BCUT2D eigenvalue weighted by atomic mass is 10.1. The fourth-order valence-electron chi connectivity index (χ4n) is 4.48. The summed E-state index contributed by atoms with van der Waals surface area (Å²) in [6, 6.07) is 10.2. The van der Waals surface area contributed by atoms with E-state index in [1.807, 2.05) is 12.1 Å². The predicted octanol–water partition coefficient (Wildman–Crippen LogP) is 2.79. The molecule has 0 radical (unpaired) electrons. The van der Waals surface area contributed by atoms with E-state index in [1.54, 1.807) is 34.4 Å². The number of benzene rings is 2. The molecule has 2 fully saturated rings. The molecule has 0 N–H and O–H groups in total. The molecule has 1 aliphatic carbocycles. The van der Waals surface area contributed by atoms with Crippen LogP contribution in [0.3, 0.4) is 0 Å². The first-order valence-corrected chi connectivity index (χ1v) is 11.7. The molecule has 1 saturated heterocycles.